The Morgan fingerprint density at radius 2 is 1.96 bits per heavy atom. The average Bonchev–Trinajstić information content (AvgIpc) is 3.23. The van der Waals surface area contributed by atoms with E-state index in [4.69, 9.17) is 0 Å². The highest BCUT2D eigenvalue weighted by atomic mass is 32.2. The van der Waals surface area contributed by atoms with Gasteiger partial charge in [0.05, 0.1) is 11.8 Å². The number of nitrogens with zero attached hydrogens (tertiary/aromatic N) is 1. The zero-order valence-electron chi connectivity index (χ0n) is 13.1. The fraction of sp³-hybridized carbons (Fsp3) is 0.333. The maximum atomic E-state index is 12.7. The SMILES string of the molecule is O=C(O)C1CSC(CCc2ccccc2)N1C(=O)Cc1cccs1. The molecular formula is C18H19NO3S2. The van der Waals surface area contributed by atoms with Crippen molar-refractivity contribution in [3.8, 4) is 0 Å². The third-order valence-corrected chi connectivity index (χ3v) is 6.33. The maximum absolute atomic E-state index is 12.7. The van der Waals surface area contributed by atoms with Crippen LogP contribution in [-0.4, -0.2) is 39.1 Å². The van der Waals surface area contributed by atoms with E-state index in [2.05, 4.69) is 12.1 Å². The Hall–Kier alpha value is -1.79. The van der Waals surface area contributed by atoms with Gasteiger partial charge in [-0.05, 0) is 29.9 Å². The molecule has 0 saturated carbocycles. The summed E-state index contributed by atoms with van der Waals surface area (Å²) < 4.78 is 0. The molecule has 1 aromatic carbocycles. The predicted molar refractivity (Wildman–Crippen MR) is 97.3 cm³/mol. The van der Waals surface area contributed by atoms with Crippen molar-refractivity contribution in [2.45, 2.75) is 30.7 Å². The van der Waals surface area contributed by atoms with E-state index >= 15 is 0 Å². The van der Waals surface area contributed by atoms with E-state index < -0.39 is 12.0 Å². The summed E-state index contributed by atoms with van der Waals surface area (Å²) in [7, 11) is 0. The topological polar surface area (TPSA) is 57.6 Å². The van der Waals surface area contributed by atoms with Gasteiger partial charge in [-0.3, -0.25) is 4.79 Å². The molecule has 1 saturated heterocycles. The quantitative estimate of drug-likeness (QED) is 0.858. The molecule has 0 aliphatic carbocycles. The van der Waals surface area contributed by atoms with Gasteiger partial charge in [-0.1, -0.05) is 36.4 Å². The maximum Gasteiger partial charge on any atom is 0.327 e. The van der Waals surface area contributed by atoms with E-state index in [1.807, 2.05) is 35.7 Å². The number of rotatable bonds is 6. The zero-order valence-corrected chi connectivity index (χ0v) is 14.8. The largest absolute Gasteiger partial charge is 0.480 e. The van der Waals surface area contributed by atoms with E-state index in [1.54, 1.807) is 16.7 Å². The van der Waals surface area contributed by atoms with E-state index in [-0.39, 0.29) is 17.7 Å². The number of thiophene rings is 1. The number of benzene rings is 1. The first-order chi connectivity index (χ1) is 11.6. The molecule has 2 atom stereocenters. The summed E-state index contributed by atoms with van der Waals surface area (Å²) in [5.74, 6) is -0.539. The van der Waals surface area contributed by atoms with Crippen molar-refractivity contribution in [2.75, 3.05) is 5.75 Å². The van der Waals surface area contributed by atoms with Gasteiger partial charge in [0.2, 0.25) is 5.91 Å². The number of carbonyl (C=O) groups excluding carboxylic acids is 1. The highest BCUT2D eigenvalue weighted by Gasteiger charge is 2.41. The number of amides is 1. The number of aliphatic carboxylic acids is 1. The smallest absolute Gasteiger partial charge is 0.327 e. The Morgan fingerprint density at radius 1 is 1.17 bits per heavy atom. The van der Waals surface area contributed by atoms with Gasteiger partial charge in [0, 0.05) is 10.6 Å². The molecule has 126 valence electrons. The van der Waals surface area contributed by atoms with Gasteiger partial charge in [-0.25, -0.2) is 4.79 Å². The predicted octanol–water partition coefficient (Wildman–Crippen LogP) is 3.28. The molecule has 2 unspecified atom stereocenters. The van der Waals surface area contributed by atoms with Crippen LogP contribution in [0.3, 0.4) is 0 Å². The van der Waals surface area contributed by atoms with Crippen molar-refractivity contribution in [1.82, 2.24) is 4.90 Å². The van der Waals surface area contributed by atoms with E-state index in [1.165, 1.54) is 16.9 Å². The van der Waals surface area contributed by atoms with Gasteiger partial charge in [-0.2, -0.15) is 0 Å². The van der Waals surface area contributed by atoms with Gasteiger partial charge in [-0.15, -0.1) is 23.1 Å². The van der Waals surface area contributed by atoms with Gasteiger partial charge in [0.15, 0.2) is 0 Å². The summed E-state index contributed by atoms with van der Waals surface area (Å²) in [6, 6.07) is 13.2. The van der Waals surface area contributed by atoms with Crippen molar-refractivity contribution in [3.05, 3.63) is 58.3 Å². The normalized spacial score (nSPS) is 20.2. The Kier molecular flexibility index (Phi) is 5.58. The molecule has 24 heavy (non-hydrogen) atoms. The van der Waals surface area contributed by atoms with Crippen LogP contribution in [0.2, 0.25) is 0 Å². The number of carboxylic acid groups (broad SMARTS) is 1. The molecular weight excluding hydrogens is 342 g/mol. The summed E-state index contributed by atoms with van der Waals surface area (Å²) in [6.07, 6.45) is 1.89. The van der Waals surface area contributed by atoms with Crippen molar-refractivity contribution in [1.29, 1.82) is 0 Å². The number of hydrogen-bond donors (Lipinski definition) is 1. The number of hydrogen-bond acceptors (Lipinski definition) is 4. The Balaban J connectivity index is 1.69. The minimum absolute atomic E-state index is 0.0706. The molecule has 2 heterocycles. The van der Waals surface area contributed by atoms with Crippen LogP contribution < -0.4 is 0 Å². The van der Waals surface area contributed by atoms with Crippen LogP contribution in [0.5, 0.6) is 0 Å². The standard InChI is InChI=1S/C18H19NO3S2/c20-16(11-14-7-4-10-23-14)19-15(18(21)22)12-24-17(19)9-8-13-5-2-1-3-6-13/h1-7,10,15,17H,8-9,11-12H2,(H,21,22). The molecule has 0 bridgehead atoms. The summed E-state index contributed by atoms with van der Waals surface area (Å²) in [5, 5.41) is 11.3. The molecule has 0 spiro atoms. The lowest BCUT2D eigenvalue weighted by molar-refractivity contribution is -0.148. The van der Waals surface area contributed by atoms with Gasteiger partial charge >= 0.3 is 5.97 Å². The number of aryl methyl sites for hydroxylation is 1. The van der Waals surface area contributed by atoms with Crippen molar-refractivity contribution in [2.24, 2.45) is 0 Å². The van der Waals surface area contributed by atoms with Crippen LogP contribution in [0.15, 0.2) is 47.8 Å². The molecule has 6 heteroatoms. The van der Waals surface area contributed by atoms with Gasteiger partial charge in [0.25, 0.3) is 0 Å². The number of thioether (sulfide) groups is 1. The van der Waals surface area contributed by atoms with Gasteiger partial charge in [0.1, 0.15) is 6.04 Å². The zero-order chi connectivity index (χ0) is 16.9. The monoisotopic (exact) mass is 361 g/mol. The van der Waals surface area contributed by atoms with Crippen LogP contribution in [0, 0.1) is 0 Å². The fourth-order valence-corrected chi connectivity index (χ4v) is 5.01. The molecule has 0 radical (unpaired) electrons. The summed E-state index contributed by atoms with van der Waals surface area (Å²) in [5.41, 5.74) is 1.21. The highest BCUT2D eigenvalue weighted by molar-refractivity contribution is 8.00. The second-order valence-electron chi connectivity index (χ2n) is 5.72. The van der Waals surface area contributed by atoms with Crippen LogP contribution in [0.4, 0.5) is 0 Å². The van der Waals surface area contributed by atoms with Gasteiger partial charge < -0.3 is 10.0 Å². The van der Waals surface area contributed by atoms with E-state index in [0.717, 1.165) is 17.7 Å². The first-order valence-electron chi connectivity index (χ1n) is 7.87. The minimum Gasteiger partial charge on any atom is -0.480 e. The molecule has 1 fully saturated rings. The molecule has 2 aromatic rings. The van der Waals surface area contributed by atoms with E-state index in [0.29, 0.717) is 5.75 Å². The Morgan fingerprint density at radius 3 is 2.62 bits per heavy atom. The summed E-state index contributed by atoms with van der Waals surface area (Å²) in [4.78, 5) is 26.8. The molecule has 1 aliphatic rings. The lowest BCUT2D eigenvalue weighted by Gasteiger charge is -2.27. The first kappa shape index (κ1) is 17.0. The highest BCUT2D eigenvalue weighted by Crippen LogP contribution is 2.33. The molecule has 1 aromatic heterocycles. The van der Waals surface area contributed by atoms with Crippen molar-refractivity contribution in [3.63, 3.8) is 0 Å². The van der Waals surface area contributed by atoms with Crippen molar-refractivity contribution < 1.29 is 14.7 Å². The molecule has 1 N–H and O–H groups in total. The third-order valence-electron chi connectivity index (χ3n) is 4.09. The van der Waals surface area contributed by atoms with E-state index in [9.17, 15) is 14.7 Å². The summed E-state index contributed by atoms with van der Waals surface area (Å²) in [6.45, 7) is 0. The number of carboxylic acids is 1. The average molecular weight is 361 g/mol. The first-order valence-corrected chi connectivity index (χ1v) is 9.80. The lowest BCUT2D eigenvalue weighted by Crippen LogP contribution is -2.46. The second kappa shape index (κ2) is 7.85. The second-order valence-corrected chi connectivity index (χ2v) is 7.97. The molecule has 1 aliphatic heterocycles. The third kappa shape index (κ3) is 3.99. The van der Waals surface area contributed by atoms with Crippen LogP contribution in [0.25, 0.3) is 0 Å². The molecule has 3 rings (SSSR count). The summed E-state index contributed by atoms with van der Waals surface area (Å²) >= 11 is 3.10. The minimum atomic E-state index is -0.913. The van der Waals surface area contributed by atoms with Crippen molar-refractivity contribution >= 4 is 35.0 Å². The Bertz CT molecular complexity index is 688. The Labute approximate surface area is 149 Å². The molecule has 4 nitrogen and oxygen atoms in total. The van der Waals surface area contributed by atoms with Crippen LogP contribution >= 0.6 is 23.1 Å². The van der Waals surface area contributed by atoms with Crippen LogP contribution in [-0.2, 0) is 22.4 Å². The number of carbonyl (C=O) groups is 2. The fourth-order valence-electron chi connectivity index (χ4n) is 2.90. The lowest BCUT2D eigenvalue weighted by atomic mass is 10.1. The van der Waals surface area contributed by atoms with Crippen LogP contribution in [0.1, 0.15) is 16.9 Å². The molecule has 1 amide bonds.